The highest BCUT2D eigenvalue weighted by Crippen LogP contribution is 2.36. The van der Waals surface area contributed by atoms with Crippen LogP contribution in [0.25, 0.3) is 11.1 Å². The Kier molecular flexibility index (Phi) is 5.66. The summed E-state index contributed by atoms with van der Waals surface area (Å²) < 4.78 is 47.8. The average molecular weight is 374 g/mol. The molecule has 27 heavy (non-hydrogen) atoms. The van der Waals surface area contributed by atoms with Crippen molar-refractivity contribution in [2.24, 2.45) is 0 Å². The largest absolute Gasteiger partial charge is 0.573 e. The van der Waals surface area contributed by atoms with Crippen LogP contribution in [0.1, 0.15) is 11.1 Å². The molecule has 3 nitrogen and oxygen atoms in total. The Hall–Kier alpha value is -2.99. The molecule has 0 aromatic heterocycles. The van der Waals surface area contributed by atoms with Crippen LogP contribution < -0.4 is 9.47 Å². The van der Waals surface area contributed by atoms with E-state index >= 15 is 0 Å². The second-order valence-corrected chi connectivity index (χ2v) is 5.84. The van der Waals surface area contributed by atoms with E-state index in [0.717, 1.165) is 16.7 Å². The molecule has 0 radical (unpaired) electrons. The molecule has 0 aliphatic rings. The fourth-order valence-electron chi connectivity index (χ4n) is 2.55. The molecule has 3 aromatic rings. The van der Waals surface area contributed by atoms with Gasteiger partial charge in [-0.15, -0.1) is 13.2 Å². The van der Waals surface area contributed by atoms with Gasteiger partial charge in [-0.25, -0.2) is 0 Å². The van der Waals surface area contributed by atoms with Crippen LogP contribution in [0, 0.1) is 0 Å². The molecule has 0 aliphatic carbocycles. The van der Waals surface area contributed by atoms with Gasteiger partial charge in [-0.2, -0.15) is 0 Å². The predicted molar refractivity (Wildman–Crippen MR) is 95.3 cm³/mol. The van der Waals surface area contributed by atoms with Gasteiger partial charge in [0.1, 0.15) is 6.61 Å². The third-order valence-corrected chi connectivity index (χ3v) is 3.88. The van der Waals surface area contributed by atoms with E-state index in [0.29, 0.717) is 5.56 Å². The molecule has 0 unspecified atom stereocenters. The van der Waals surface area contributed by atoms with Gasteiger partial charge in [-0.3, -0.25) is 0 Å². The van der Waals surface area contributed by atoms with Crippen molar-refractivity contribution in [1.82, 2.24) is 0 Å². The van der Waals surface area contributed by atoms with E-state index < -0.39 is 12.1 Å². The first kappa shape index (κ1) is 18.8. The molecule has 0 fully saturated rings. The molecular weight excluding hydrogens is 357 g/mol. The molecule has 140 valence electrons. The summed E-state index contributed by atoms with van der Waals surface area (Å²) in [6, 6.07) is 20.5. The van der Waals surface area contributed by atoms with E-state index in [-0.39, 0.29) is 19.0 Å². The zero-order valence-corrected chi connectivity index (χ0v) is 14.2. The molecule has 3 aromatic carbocycles. The van der Waals surface area contributed by atoms with Crippen LogP contribution >= 0.6 is 0 Å². The summed E-state index contributed by atoms with van der Waals surface area (Å²) >= 11 is 0. The maximum atomic E-state index is 12.7. The number of benzene rings is 3. The number of aliphatic hydroxyl groups is 1. The van der Waals surface area contributed by atoms with Crippen LogP contribution in [0.5, 0.6) is 11.5 Å². The van der Waals surface area contributed by atoms with Crippen LogP contribution in [-0.2, 0) is 13.2 Å². The van der Waals surface area contributed by atoms with Gasteiger partial charge in [-0.1, -0.05) is 60.7 Å². The van der Waals surface area contributed by atoms with Crippen molar-refractivity contribution in [3.63, 3.8) is 0 Å². The Morgan fingerprint density at radius 3 is 2.04 bits per heavy atom. The molecule has 3 rings (SSSR count). The first-order chi connectivity index (χ1) is 12.9. The van der Waals surface area contributed by atoms with Crippen molar-refractivity contribution in [2.45, 2.75) is 19.6 Å². The quantitative estimate of drug-likeness (QED) is 0.634. The zero-order valence-electron chi connectivity index (χ0n) is 14.2. The third kappa shape index (κ3) is 5.24. The minimum atomic E-state index is -4.81. The maximum Gasteiger partial charge on any atom is 0.573 e. The Morgan fingerprint density at radius 2 is 1.41 bits per heavy atom. The van der Waals surface area contributed by atoms with Crippen molar-refractivity contribution >= 4 is 0 Å². The molecular formula is C21H17F3O3. The average Bonchev–Trinajstić information content (AvgIpc) is 2.67. The molecule has 6 heteroatoms. The highest BCUT2D eigenvalue weighted by molar-refractivity contribution is 5.67. The number of ether oxygens (including phenoxy) is 2. The van der Waals surface area contributed by atoms with Crippen LogP contribution in [-0.4, -0.2) is 11.5 Å². The third-order valence-electron chi connectivity index (χ3n) is 3.88. The Balaban J connectivity index is 1.90. The number of rotatable bonds is 6. The summed E-state index contributed by atoms with van der Waals surface area (Å²) in [5, 5.41) is 9.12. The number of aliphatic hydroxyl groups excluding tert-OH is 1. The Morgan fingerprint density at radius 1 is 0.741 bits per heavy atom. The standard InChI is InChI=1S/C21H17F3O3/c22-21(23,24)27-19-11-10-18(17-8-6-15(13-25)7-9-17)12-20(19)26-14-16-4-2-1-3-5-16/h1-12,25H,13-14H2. The first-order valence-corrected chi connectivity index (χ1v) is 8.21. The van der Waals surface area contributed by atoms with Gasteiger partial charge in [0.05, 0.1) is 6.61 Å². The van der Waals surface area contributed by atoms with Gasteiger partial charge in [0, 0.05) is 0 Å². The maximum absolute atomic E-state index is 12.7. The summed E-state index contributed by atoms with van der Waals surface area (Å²) in [6.07, 6.45) is -4.81. The van der Waals surface area contributed by atoms with Crippen molar-refractivity contribution in [3.05, 3.63) is 83.9 Å². The molecule has 0 amide bonds. The van der Waals surface area contributed by atoms with E-state index in [9.17, 15) is 13.2 Å². The second kappa shape index (κ2) is 8.14. The summed E-state index contributed by atoms with van der Waals surface area (Å²) in [6.45, 7) is 0.0338. The fourth-order valence-corrected chi connectivity index (χ4v) is 2.55. The summed E-state index contributed by atoms with van der Waals surface area (Å²) in [7, 11) is 0. The van der Waals surface area contributed by atoms with Crippen LogP contribution in [0.2, 0.25) is 0 Å². The van der Waals surface area contributed by atoms with Crippen LogP contribution in [0.3, 0.4) is 0 Å². The minimum absolute atomic E-state index is 0.0000808. The van der Waals surface area contributed by atoms with Gasteiger partial charge in [0.15, 0.2) is 11.5 Å². The van der Waals surface area contributed by atoms with Crippen molar-refractivity contribution in [3.8, 4) is 22.6 Å². The first-order valence-electron chi connectivity index (χ1n) is 8.21. The monoisotopic (exact) mass is 374 g/mol. The summed E-state index contributed by atoms with van der Waals surface area (Å²) in [5.74, 6) is -0.394. The molecule has 0 heterocycles. The predicted octanol–water partition coefficient (Wildman–Crippen LogP) is 5.32. The zero-order chi connectivity index (χ0) is 19.3. The van der Waals surface area contributed by atoms with E-state index in [1.807, 2.05) is 30.3 Å². The van der Waals surface area contributed by atoms with Gasteiger partial charge >= 0.3 is 6.36 Å². The van der Waals surface area contributed by atoms with Gasteiger partial charge in [0.2, 0.25) is 0 Å². The minimum Gasteiger partial charge on any atom is -0.485 e. The lowest BCUT2D eigenvalue weighted by atomic mass is 10.0. The smallest absolute Gasteiger partial charge is 0.485 e. The van der Waals surface area contributed by atoms with Gasteiger partial charge in [-0.05, 0) is 34.4 Å². The Bertz CT molecular complexity index is 875. The summed E-state index contributed by atoms with van der Waals surface area (Å²) in [4.78, 5) is 0. The lowest BCUT2D eigenvalue weighted by Gasteiger charge is -2.15. The van der Waals surface area contributed by atoms with Crippen LogP contribution in [0.15, 0.2) is 72.8 Å². The molecule has 0 bridgehead atoms. The van der Waals surface area contributed by atoms with E-state index in [2.05, 4.69) is 4.74 Å². The number of alkyl halides is 3. The molecule has 1 N–H and O–H groups in total. The molecule has 0 saturated carbocycles. The number of hydrogen-bond acceptors (Lipinski definition) is 3. The lowest BCUT2D eigenvalue weighted by Crippen LogP contribution is -2.17. The normalized spacial score (nSPS) is 11.3. The lowest BCUT2D eigenvalue weighted by molar-refractivity contribution is -0.275. The van der Waals surface area contributed by atoms with Crippen molar-refractivity contribution in [1.29, 1.82) is 0 Å². The molecule has 0 aliphatic heterocycles. The van der Waals surface area contributed by atoms with Crippen molar-refractivity contribution < 1.29 is 27.8 Å². The highest BCUT2D eigenvalue weighted by atomic mass is 19.4. The Labute approximate surface area is 154 Å². The second-order valence-electron chi connectivity index (χ2n) is 5.84. The van der Waals surface area contributed by atoms with Crippen LogP contribution in [0.4, 0.5) is 13.2 Å². The van der Waals surface area contributed by atoms with Crippen molar-refractivity contribution in [2.75, 3.05) is 0 Å². The van der Waals surface area contributed by atoms with E-state index in [1.54, 1.807) is 24.3 Å². The highest BCUT2D eigenvalue weighted by Gasteiger charge is 2.32. The van der Waals surface area contributed by atoms with Gasteiger partial charge in [0.25, 0.3) is 0 Å². The SMILES string of the molecule is OCc1ccc(-c2ccc(OC(F)(F)F)c(OCc3ccccc3)c2)cc1. The summed E-state index contributed by atoms with van der Waals surface area (Å²) in [5.41, 5.74) is 3.04. The molecule has 0 spiro atoms. The van der Waals surface area contributed by atoms with Gasteiger partial charge < -0.3 is 14.6 Å². The number of halogens is 3. The van der Waals surface area contributed by atoms with E-state index in [4.69, 9.17) is 9.84 Å². The molecule has 0 atom stereocenters. The topological polar surface area (TPSA) is 38.7 Å². The number of hydrogen-bond donors (Lipinski definition) is 1. The fraction of sp³-hybridized carbons (Fsp3) is 0.143. The van der Waals surface area contributed by atoms with E-state index in [1.165, 1.54) is 18.2 Å². The molecule has 0 saturated heterocycles.